The molecule has 4 heteroatoms. The van der Waals surface area contributed by atoms with Crippen molar-refractivity contribution in [2.75, 3.05) is 26.6 Å². The van der Waals surface area contributed by atoms with Crippen LogP contribution in [0.2, 0.25) is 0 Å². The van der Waals surface area contributed by atoms with Crippen LogP contribution in [0.3, 0.4) is 0 Å². The number of aliphatic hydroxyl groups excluding tert-OH is 1. The number of rotatable bonds is 6. The van der Waals surface area contributed by atoms with Crippen molar-refractivity contribution in [3.05, 3.63) is 0 Å². The molecule has 0 radical (unpaired) electrons. The monoisotopic (exact) mass is 217 g/mol. The van der Waals surface area contributed by atoms with Crippen LogP contribution in [0.1, 0.15) is 26.7 Å². The van der Waals surface area contributed by atoms with E-state index in [1.807, 2.05) is 0 Å². The molecule has 2 atom stereocenters. The molecule has 1 aliphatic rings. The highest BCUT2D eigenvalue weighted by atomic mass is 16.7. The quantitative estimate of drug-likeness (QED) is 0.689. The van der Waals surface area contributed by atoms with E-state index in [1.54, 1.807) is 0 Å². The first kappa shape index (κ1) is 12.9. The molecular weight excluding hydrogens is 194 g/mol. The third-order valence-corrected chi connectivity index (χ3v) is 2.58. The minimum Gasteiger partial charge on any atom is -0.395 e. The second kappa shape index (κ2) is 7.17. The fourth-order valence-electron chi connectivity index (χ4n) is 1.75. The van der Waals surface area contributed by atoms with E-state index in [2.05, 4.69) is 19.2 Å². The first-order chi connectivity index (χ1) is 7.22. The van der Waals surface area contributed by atoms with Crippen LogP contribution in [0.5, 0.6) is 0 Å². The molecule has 1 aliphatic heterocycles. The fraction of sp³-hybridized carbons (Fsp3) is 1.00. The number of ether oxygens (including phenoxy) is 2. The van der Waals surface area contributed by atoms with E-state index < -0.39 is 0 Å². The Labute approximate surface area is 92.0 Å². The van der Waals surface area contributed by atoms with Crippen LogP contribution in [0.15, 0.2) is 0 Å². The lowest BCUT2D eigenvalue weighted by Gasteiger charge is -2.26. The number of nitrogens with one attached hydrogen (secondary N) is 1. The molecule has 1 rings (SSSR count). The van der Waals surface area contributed by atoms with Crippen LogP contribution >= 0.6 is 0 Å². The summed E-state index contributed by atoms with van der Waals surface area (Å²) in [5, 5.41) is 12.5. The predicted molar refractivity (Wildman–Crippen MR) is 58.6 cm³/mol. The first-order valence-electron chi connectivity index (χ1n) is 5.76. The Balaban J connectivity index is 2.14. The number of hydrogen-bond acceptors (Lipinski definition) is 4. The van der Waals surface area contributed by atoms with Gasteiger partial charge >= 0.3 is 0 Å². The lowest BCUT2D eigenvalue weighted by molar-refractivity contribution is -0.137. The minimum absolute atomic E-state index is 0.191. The zero-order valence-electron chi connectivity index (χ0n) is 9.74. The molecular formula is C11H23NO3. The van der Waals surface area contributed by atoms with Crippen LogP contribution in [-0.4, -0.2) is 43.8 Å². The lowest BCUT2D eigenvalue weighted by Crippen LogP contribution is -2.41. The van der Waals surface area contributed by atoms with Gasteiger partial charge in [0.25, 0.3) is 0 Å². The minimum atomic E-state index is 0.191. The van der Waals surface area contributed by atoms with Crippen molar-refractivity contribution in [3.63, 3.8) is 0 Å². The Morgan fingerprint density at radius 3 is 2.80 bits per heavy atom. The van der Waals surface area contributed by atoms with Gasteiger partial charge in [-0.25, -0.2) is 0 Å². The molecule has 1 fully saturated rings. The molecule has 0 aromatic rings. The third-order valence-electron chi connectivity index (χ3n) is 2.58. The largest absolute Gasteiger partial charge is 0.395 e. The summed E-state index contributed by atoms with van der Waals surface area (Å²) in [6.45, 7) is 6.51. The van der Waals surface area contributed by atoms with Crippen molar-refractivity contribution < 1.29 is 14.6 Å². The first-order valence-corrected chi connectivity index (χ1v) is 5.76. The van der Waals surface area contributed by atoms with Gasteiger partial charge in [0, 0.05) is 12.6 Å². The van der Waals surface area contributed by atoms with Gasteiger partial charge in [0.2, 0.25) is 0 Å². The lowest BCUT2D eigenvalue weighted by atomic mass is 10.0. The summed E-state index contributed by atoms with van der Waals surface area (Å²) in [6, 6.07) is 0.191. The Morgan fingerprint density at radius 2 is 2.27 bits per heavy atom. The average Bonchev–Trinajstić information content (AvgIpc) is 2.25. The maximum absolute atomic E-state index is 9.18. The van der Waals surface area contributed by atoms with Gasteiger partial charge in [-0.3, -0.25) is 0 Å². The summed E-state index contributed by atoms with van der Waals surface area (Å²) in [7, 11) is 0. The summed E-state index contributed by atoms with van der Waals surface area (Å²) in [5.74, 6) is 0.602. The second-order valence-corrected chi connectivity index (χ2v) is 4.52. The van der Waals surface area contributed by atoms with Gasteiger partial charge in [-0.15, -0.1) is 0 Å². The van der Waals surface area contributed by atoms with E-state index >= 15 is 0 Å². The fourth-order valence-corrected chi connectivity index (χ4v) is 1.75. The Morgan fingerprint density at radius 1 is 1.47 bits per heavy atom. The highest BCUT2D eigenvalue weighted by Crippen LogP contribution is 2.07. The molecule has 0 amide bonds. The van der Waals surface area contributed by atoms with Crippen LogP contribution in [0, 0.1) is 5.92 Å². The van der Waals surface area contributed by atoms with E-state index in [0.717, 1.165) is 26.0 Å². The molecule has 1 saturated heterocycles. The molecule has 0 aliphatic carbocycles. The second-order valence-electron chi connectivity index (χ2n) is 4.52. The Bertz CT molecular complexity index is 158. The van der Waals surface area contributed by atoms with Gasteiger partial charge in [0.1, 0.15) is 6.79 Å². The predicted octanol–water partition coefficient (Wildman–Crippen LogP) is 0.746. The van der Waals surface area contributed by atoms with Crippen LogP contribution in [0.4, 0.5) is 0 Å². The van der Waals surface area contributed by atoms with Gasteiger partial charge in [-0.1, -0.05) is 13.8 Å². The van der Waals surface area contributed by atoms with Crippen molar-refractivity contribution in [1.29, 1.82) is 0 Å². The van der Waals surface area contributed by atoms with E-state index in [1.165, 1.54) is 0 Å². The molecule has 90 valence electrons. The van der Waals surface area contributed by atoms with Crippen molar-refractivity contribution >= 4 is 0 Å². The van der Waals surface area contributed by atoms with Gasteiger partial charge in [-0.2, -0.15) is 0 Å². The van der Waals surface area contributed by atoms with Gasteiger partial charge in [0.15, 0.2) is 0 Å². The van der Waals surface area contributed by atoms with E-state index in [-0.39, 0.29) is 18.8 Å². The van der Waals surface area contributed by atoms with Crippen LogP contribution in [-0.2, 0) is 9.47 Å². The standard InChI is InChI=1S/C11H23NO3/c1-9(2)5-10(7-13)12-6-11-3-4-14-8-15-11/h9-13H,3-8H2,1-2H3. The number of aliphatic hydroxyl groups is 1. The Hall–Kier alpha value is -0.160. The van der Waals surface area contributed by atoms with Crippen molar-refractivity contribution in [3.8, 4) is 0 Å². The zero-order valence-corrected chi connectivity index (χ0v) is 9.74. The van der Waals surface area contributed by atoms with Crippen molar-refractivity contribution in [2.45, 2.75) is 38.8 Å². The van der Waals surface area contributed by atoms with Crippen molar-refractivity contribution in [2.24, 2.45) is 5.92 Å². The van der Waals surface area contributed by atoms with Gasteiger partial charge < -0.3 is 19.9 Å². The van der Waals surface area contributed by atoms with Gasteiger partial charge in [-0.05, 0) is 18.8 Å². The van der Waals surface area contributed by atoms with E-state index in [0.29, 0.717) is 12.7 Å². The van der Waals surface area contributed by atoms with E-state index in [9.17, 15) is 5.11 Å². The van der Waals surface area contributed by atoms with Crippen LogP contribution < -0.4 is 5.32 Å². The summed E-state index contributed by atoms with van der Waals surface area (Å²) < 4.78 is 10.5. The summed E-state index contributed by atoms with van der Waals surface area (Å²) in [5.41, 5.74) is 0. The molecule has 2 unspecified atom stereocenters. The smallest absolute Gasteiger partial charge is 0.147 e. The molecule has 15 heavy (non-hydrogen) atoms. The average molecular weight is 217 g/mol. The third kappa shape index (κ3) is 5.47. The highest BCUT2D eigenvalue weighted by Gasteiger charge is 2.16. The topological polar surface area (TPSA) is 50.7 Å². The molecule has 0 aromatic heterocycles. The Kier molecular flexibility index (Phi) is 6.17. The summed E-state index contributed by atoms with van der Waals surface area (Å²) in [6.07, 6.45) is 2.17. The molecule has 0 saturated carbocycles. The normalized spacial score (nSPS) is 24.4. The molecule has 0 spiro atoms. The molecule has 4 nitrogen and oxygen atoms in total. The maximum atomic E-state index is 9.18. The van der Waals surface area contributed by atoms with E-state index in [4.69, 9.17) is 9.47 Å². The molecule has 2 N–H and O–H groups in total. The van der Waals surface area contributed by atoms with Gasteiger partial charge in [0.05, 0.1) is 19.3 Å². The number of hydrogen-bond donors (Lipinski definition) is 2. The molecule has 0 bridgehead atoms. The maximum Gasteiger partial charge on any atom is 0.147 e. The SMILES string of the molecule is CC(C)CC(CO)NCC1CCOCO1. The van der Waals surface area contributed by atoms with Crippen molar-refractivity contribution in [1.82, 2.24) is 5.32 Å². The zero-order chi connectivity index (χ0) is 11.1. The molecule has 1 heterocycles. The summed E-state index contributed by atoms with van der Waals surface area (Å²) >= 11 is 0. The molecule has 0 aromatic carbocycles. The highest BCUT2D eigenvalue weighted by molar-refractivity contribution is 4.71. The summed E-state index contributed by atoms with van der Waals surface area (Å²) in [4.78, 5) is 0. The van der Waals surface area contributed by atoms with Crippen LogP contribution in [0.25, 0.3) is 0 Å².